The zero-order valence-corrected chi connectivity index (χ0v) is 9.82. The average molecular weight is 310 g/mol. The zero-order valence-electron chi connectivity index (χ0n) is 5.70. The Bertz CT molecular complexity index is 445. The van der Waals surface area contributed by atoms with Gasteiger partial charge >= 0.3 is 87.0 Å². The van der Waals surface area contributed by atoms with Gasteiger partial charge in [-0.3, -0.25) is 0 Å². The first-order chi connectivity index (χ1) is 5.68. The van der Waals surface area contributed by atoms with Gasteiger partial charge in [0.15, 0.2) is 0 Å². The summed E-state index contributed by atoms with van der Waals surface area (Å²) in [6.07, 6.45) is 0. The van der Waals surface area contributed by atoms with Crippen LogP contribution in [0.1, 0.15) is 9.67 Å². The van der Waals surface area contributed by atoms with Gasteiger partial charge in [0.05, 0.1) is 0 Å². The van der Waals surface area contributed by atoms with Crippen LogP contribution in [0.4, 0.5) is 0 Å². The zero-order chi connectivity index (χ0) is 8.72. The molecule has 0 unspecified atom stereocenters. The Morgan fingerprint density at radius 2 is 2.42 bits per heavy atom. The summed E-state index contributed by atoms with van der Waals surface area (Å²) in [4.78, 5) is 13.1. The topological polar surface area (TPSA) is 37.3 Å². The third kappa shape index (κ3) is 1.27. The van der Waals surface area contributed by atoms with Crippen LogP contribution in [0.25, 0.3) is 8.96 Å². The van der Waals surface area contributed by atoms with Crippen molar-refractivity contribution in [2.24, 2.45) is 0 Å². The Labute approximate surface area is 86.7 Å². The number of rotatable bonds is 1. The predicted octanol–water partition coefficient (Wildman–Crippen LogP) is 2.42. The number of thiophene rings is 1. The van der Waals surface area contributed by atoms with Crippen molar-refractivity contribution in [3.8, 4) is 0 Å². The van der Waals surface area contributed by atoms with E-state index in [2.05, 4.69) is 20.9 Å². The van der Waals surface area contributed by atoms with E-state index >= 15 is 0 Å². The van der Waals surface area contributed by atoms with Gasteiger partial charge in [-0.2, -0.15) is 0 Å². The Kier molecular flexibility index (Phi) is 2.12. The quantitative estimate of drug-likeness (QED) is 0.822. The normalized spacial score (nSPS) is 10.8. The van der Waals surface area contributed by atoms with Crippen molar-refractivity contribution in [1.29, 1.82) is 0 Å². The summed E-state index contributed by atoms with van der Waals surface area (Å²) in [5.74, 6) is -0.828. The van der Waals surface area contributed by atoms with Crippen LogP contribution in [0, 0.1) is 0 Å². The van der Waals surface area contributed by atoms with E-state index in [1.54, 1.807) is 6.07 Å². The molecule has 0 atom stereocenters. The molecule has 2 aromatic rings. The second kappa shape index (κ2) is 3.00. The molecular weight excluding hydrogens is 307 g/mol. The first-order valence-electron chi connectivity index (χ1n) is 3.08. The Morgan fingerprint density at radius 1 is 1.67 bits per heavy atom. The molecule has 5 heteroatoms. The van der Waals surface area contributed by atoms with E-state index in [1.807, 2.05) is 0 Å². The van der Waals surface area contributed by atoms with Crippen LogP contribution in [0.5, 0.6) is 0 Å². The number of carboxylic acids is 1. The fraction of sp³-hybridized carbons (Fsp3) is 0. The van der Waals surface area contributed by atoms with Gasteiger partial charge in [-0.15, -0.1) is 0 Å². The minimum absolute atomic E-state index is 0.326. The van der Waals surface area contributed by atoms with Crippen molar-refractivity contribution >= 4 is 56.7 Å². The van der Waals surface area contributed by atoms with Gasteiger partial charge < -0.3 is 0 Å². The van der Waals surface area contributed by atoms with E-state index in [4.69, 9.17) is 5.11 Å². The SMILES string of the molecule is O=C(O)c1cc2c(Br)c[se]c2s1. The van der Waals surface area contributed by atoms with Gasteiger partial charge in [-0.1, -0.05) is 0 Å². The van der Waals surface area contributed by atoms with Crippen LogP contribution in [0.15, 0.2) is 15.5 Å². The Hall–Kier alpha value is -0.0905. The first kappa shape index (κ1) is 8.51. The molecular formula is C7H3BrO2SSe. The Morgan fingerprint density at radius 3 is 3.00 bits per heavy atom. The van der Waals surface area contributed by atoms with E-state index in [0.717, 1.165) is 9.86 Å². The van der Waals surface area contributed by atoms with Gasteiger partial charge in [0, 0.05) is 0 Å². The molecule has 0 radical (unpaired) electrons. The molecule has 2 rings (SSSR count). The monoisotopic (exact) mass is 310 g/mol. The number of halogens is 1. The molecule has 0 aliphatic rings. The van der Waals surface area contributed by atoms with Crippen LogP contribution in [-0.2, 0) is 0 Å². The van der Waals surface area contributed by atoms with Gasteiger partial charge in [0.25, 0.3) is 0 Å². The van der Waals surface area contributed by atoms with E-state index in [-0.39, 0.29) is 0 Å². The molecule has 0 aliphatic heterocycles. The summed E-state index contributed by atoms with van der Waals surface area (Å²) in [6.45, 7) is 0. The number of carboxylic acid groups (broad SMARTS) is 1. The maximum absolute atomic E-state index is 10.6. The molecule has 0 saturated heterocycles. The molecule has 2 nitrogen and oxygen atoms in total. The van der Waals surface area contributed by atoms with Gasteiger partial charge in [-0.05, 0) is 0 Å². The van der Waals surface area contributed by atoms with Crippen molar-refractivity contribution in [2.75, 3.05) is 0 Å². The summed E-state index contributed by atoms with van der Waals surface area (Å²) < 4.78 is 2.24. The fourth-order valence-corrected chi connectivity index (χ4v) is 5.36. The number of hydrogen-bond acceptors (Lipinski definition) is 2. The van der Waals surface area contributed by atoms with Gasteiger partial charge in [0.1, 0.15) is 0 Å². The number of carbonyl (C=O) groups is 1. The molecule has 0 spiro atoms. The van der Waals surface area contributed by atoms with Crippen molar-refractivity contribution in [1.82, 2.24) is 0 Å². The van der Waals surface area contributed by atoms with E-state index in [9.17, 15) is 4.79 Å². The fourth-order valence-electron chi connectivity index (χ4n) is 0.902. The molecule has 2 heterocycles. The second-order valence-corrected chi connectivity index (χ2v) is 6.54. The van der Waals surface area contributed by atoms with Crippen molar-refractivity contribution in [2.45, 2.75) is 0 Å². The molecule has 0 saturated carbocycles. The van der Waals surface area contributed by atoms with E-state index in [0.29, 0.717) is 19.4 Å². The third-order valence-electron chi connectivity index (χ3n) is 1.44. The first-order valence-corrected chi connectivity index (χ1v) is 6.54. The van der Waals surface area contributed by atoms with E-state index < -0.39 is 5.97 Å². The molecule has 12 heavy (non-hydrogen) atoms. The molecule has 0 aromatic carbocycles. The van der Waals surface area contributed by atoms with Gasteiger partial charge in [0.2, 0.25) is 0 Å². The summed E-state index contributed by atoms with van der Waals surface area (Å²) in [5, 5.41) is 9.78. The number of fused-ring (bicyclic) bond motifs is 1. The molecule has 0 bridgehead atoms. The average Bonchev–Trinajstić information content (AvgIpc) is 2.53. The van der Waals surface area contributed by atoms with Crippen LogP contribution in [-0.4, -0.2) is 25.6 Å². The molecule has 2 aromatic heterocycles. The minimum atomic E-state index is -0.828. The van der Waals surface area contributed by atoms with E-state index in [1.165, 1.54) is 14.9 Å². The standard InChI is InChI=1S/C7H3BrO2SSe/c8-4-2-12-7-3(4)1-5(11-7)6(9)10/h1-2H,(H,9,10). The summed E-state index contributed by atoms with van der Waals surface area (Å²) >= 11 is 5.10. The van der Waals surface area contributed by atoms with Crippen molar-refractivity contribution < 1.29 is 9.90 Å². The van der Waals surface area contributed by atoms with Crippen LogP contribution in [0.2, 0.25) is 0 Å². The van der Waals surface area contributed by atoms with Crippen LogP contribution in [0.3, 0.4) is 0 Å². The molecule has 1 N–H and O–H groups in total. The number of aromatic carboxylic acids is 1. The molecule has 0 amide bonds. The van der Waals surface area contributed by atoms with Crippen molar-refractivity contribution in [3.05, 3.63) is 20.4 Å². The molecule has 0 fully saturated rings. The Balaban J connectivity index is 2.70. The summed E-state index contributed by atoms with van der Waals surface area (Å²) in [6, 6.07) is 1.73. The predicted molar refractivity (Wildman–Crippen MR) is 53.4 cm³/mol. The third-order valence-corrected chi connectivity index (χ3v) is 6.37. The van der Waals surface area contributed by atoms with Crippen LogP contribution >= 0.6 is 27.3 Å². The maximum atomic E-state index is 10.6. The van der Waals surface area contributed by atoms with Crippen LogP contribution < -0.4 is 0 Å². The molecule has 62 valence electrons. The summed E-state index contributed by atoms with van der Waals surface area (Å²) in [5.41, 5.74) is 0. The number of hydrogen-bond donors (Lipinski definition) is 1. The van der Waals surface area contributed by atoms with Gasteiger partial charge in [-0.25, -0.2) is 0 Å². The summed E-state index contributed by atoms with van der Waals surface area (Å²) in [7, 11) is 0. The molecule has 0 aliphatic carbocycles. The van der Waals surface area contributed by atoms with Crippen molar-refractivity contribution in [3.63, 3.8) is 0 Å². The second-order valence-electron chi connectivity index (χ2n) is 2.20.